The minimum Gasteiger partial charge on any atom is -0.440 e. The molecule has 3 heterocycles. The van der Waals surface area contributed by atoms with Gasteiger partial charge >= 0.3 is 0 Å². The van der Waals surface area contributed by atoms with Crippen LogP contribution in [0.15, 0.2) is 64.9 Å². The number of nitrogens with two attached hydrogens (primary N) is 1. The molecule has 0 bridgehead atoms. The number of hydrogen-bond acceptors (Lipinski definition) is 5. The van der Waals surface area contributed by atoms with Crippen molar-refractivity contribution in [2.75, 3.05) is 0 Å². The van der Waals surface area contributed by atoms with Crippen LogP contribution in [0.25, 0.3) is 0 Å². The highest BCUT2D eigenvalue weighted by Gasteiger charge is 2.35. The molecular weight excluding hydrogens is 423 g/mol. The van der Waals surface area contributed by atoms with Crippen molar-refractivity contribution in [1.29, 1.82) is 5.26 Å². The first kappa shape index (κ1) is 20.0. The summed E-state index contributed by atoms with van der Waals surface area (Å²) in [6, 6.07) is 14.2. The Bertz CT molecular complexity index is 1280. The van der Waals surface area contributed by atoms with Gasteiger partial charge in [-0.2, -0.15) is 5.26 Å². The Labute approximate surface area is 182 Å². The van der Waals surface area contributed by atoms with Gasteiger partial charge in [0.2, 0.25) is 5.88 Å². The first-order valence-electron chi connectivity index (χ1n) is 9.07. The number of rotatable bonds is 3. The van der Waals surface area contributed by atoms with Crippen LogP contribution in [0.2, 0.25) is 10.0 Å². The molecule has 0 radical (unpaired) electrons. The Balaban J connectivity index is 1.96. The van der Waals surface area contributed by atoms with E-state index in [0.717, 1.165) is 5.69 Å². The zero-order valence-corrected chi connectivity index (χ0v) is 17.4. The van der Waals surface area contributed by atoms with E-state index in [9.17, 15) is 10.1 Å². The Morgan fingerprint density at radius 1 is 1.27 bits per heavy atom. The van der Waals surface area contributed by atoms with Gasteiger partial charge in [0.15, 0.2) is 0 Å². The smallest absolute Gasteiger partial charge is 0.259 e. The molecule has 0 aliphatic carbocycles. The SMILES string of the molecule is Cc1cc2c(c(=O)n1Cc1ccccn1)[C@H](c1ccc(Cl)cc1Cl)C(C#N)=C(N)O2. The van der Waals surface area contributed by atoms with E-state index in [1.807, 2.05) is 18.2 Å². The van der Waals surface area contributed by atoms with Gasteiger partial charge in [-0.3, -0.25) is 9.78 Å². The first-order chi connectivity index (χ1) is 14.4. The minimum absolute atomic E-state index is 0.0534. The Morgan fingerprint density at radius 3 is 2.73 bits per heavy atom. The van der Waals surface area contributed by atoms with Gasteiger partial charge in [0, 0.05) is 28.0 Å². The second-order valence-corrected chi connectivity index (χ2v) is 7.71. The topological polar surface area (TPSA) is 93.9 Å². The Morgan fingerprint density at radius 2 is 2.07 bits per heavy atom. The van der Waals surface area contributed by atoms with Crippen molar-refractivity contribution in [2.45, 2.75) is 19.4 Å². The lowest BCUT2D eigenvalue weighted by molar-refractivity contribution is 0.389. The highest BCUT2D eigenvalue weighted by atomic mass is 35.5. The van der Waals surface area contributed by atoms with Gasteiger partial charge in [-0.05, 0) is 36.8 Å². The summed E-state index contributed by atoms with van der Waals surface area (Å²) in [7, 11) is 0. The zero-order chi connectivity index (χ0) is 21.4. The number of fused-ring (bicyclic) bond motifs is 1. The molecule has 1 aliphatic heterocycles. The molecule has 2 aromatic heterocycles. The summed E-state index contributed by atoms with van der Waals surface area (Å²) in [5.74, 6) is -0.517. The number of hydrogen-bond donors (Lipinski definition) is 1. The number of aryl methyl sites for hydroxylation is 1. The van der Waals surface area contributed by atoms with Gasteiger partial charge in [0.25, 0.3) is 5.56 Å². The summed E-state index contributed by atoms with van der Waals surface area (Å²) >= 11 is 12.5. The molecule has 30 heavy (non-hydrogen) atoms. The zero-order valence-electron chi connectivity index (χ0n) is 15.9. The van der Waals surface area contributed by atoms with E-state index in [-0.39, 0.29) is 23.6 Å². The van der Waals surface area contributed by atoms with E-state index in [1.54, 1.807) is 42.0 Å². The van der Waals surface area contributed by atoms with E-state index in [1.165, 1.54) is 0 Å². The molecule has 0 fully saturated rings. The predicted octanol–water partition coefficient (Wildman–Crippen LogP) is 4.13. The largest absolute Gasteiger partial charge is 0.440 e. The summed E-state index contributed by atoms with van der Waals surface area (Å²) < 4.78 is 7.25. The average Bonchev–Trinajstić information content (AvgIpc) is 2.71. The van der Waals surface area contributed by atoms with Crippen LogP contribution in [0, 0.1) is 18.3 Å². The lowest BCUT2D eigenvalue weighted by Crippen LogP contribution is -2.33. The molecular formula is C22H16Cl2N4O2. The van der Waals surface area contributed by atoms with Crippen LogP contribution in [0.5, 0.6) is 5.75 Å². The highest BCUT2D eigenvalue weighted by Crippen LogP contribution is 2.43. The second kappa shape index (κ2) is 7.86. The predicted molar refractivity (Wildman–Crippen MR) is 115 cm³/mol. The molecule has 0 spiro atoms. The number of aromatic nitrogens is 2. The van der Waals surface area contributed by atoms with Gasteiger partial charge in [-0.25, -0.2) is 0 Å². The molecule has 0 saturated carbocycles. The number of halogens is 2. The molecule has 1 aromatic carbocycles. The van der Waals surface area contributed by atoms with Gasteiger partial charge < -0.3 is 15.0 Å². The maximum absolute atomic E-state index is 13.6. The van der Waals surface area contributed by atoms with Crippen LogP contribution >= 0.6 is 23.2 Å². The van der Waals surface area contributed by atoms with Gasteiger partial charge in [0.05, 0.1) is 23.7 Å². The molecule has 0 saturated heterocycles. The number of ether oxygens (including phenoxy) is 1. The third-order valence-electron chi connectivity index (χ3n) is 5.01. The van der Waals surface area contributed by atoms with Crippen LogP contribution in [0.1, 0.15) is 28.4 Å². The lowest BCUT2D eigenvalue weighted by atomic mass is 9.84. The molecule has 150 valence electrons. The van der Waals surface area contributed by atoms with E-state index in [4.69, 9.17) is 33.7 Å². The number of benzene rings is 1. The van der Waals surface area contributed by atoms with Crippen molar-refractivity contribution < 1.29 is 4.74 Å². The molecule has 1 aliphatic rings. The van der Waals surface area contributed by atoms with Gasteiger partial charge in [-0.1, -0.05) is 35.3 Å². The minimum atomic E-state index is -0.772. The molecule has 1 atom stereocenters. The molecule has 0 unspecified atom stereocenters. The average molecular weight is 439 g/mol. The van der Waals surface area contributed by atoms with Crippen molar-refractivity contribution in [3.63, 3.8) is 0 Å². The van der Waals surface area contributed by atoms with E-state index >= 15 is 0 Å². The quantitative estimate of drug-likeness (QED) is 0.663. The fourth-order valence-electron chi connectivity index (χ4n) is 3.58. The molecule has 8 heteroatoms. The number of nitriles is 1. The van der Waals surface area contributed by atoms with Crippen molar-refractivity contribution in [2.24, 2.45) is 5.73 Å². The summed E-state index contributed by atoms with van der Waals surface area (Å²) in [5.41, 5.74) is 8.10. The molecule has 3 aromatic rings. The maximum atomic E-state index is 13.6. The Kier molecular flexibility index (Phi) is 5.25. The summed E-state index contributed by atoms with van der Waals surface area (Å²) in [6.07, 6.45) is 1.67. The van der Waals surface area contributed by atoms with Crippen LogP contribution in [0.3, 0.4) is 0 Å². The summed E-state index contributed by atoms with van der Waals surface area (Å²) in [5, 5.41) is 10.5. The van der Waals surface area contributed by atoms with Crippen molar-refractivity contribution in [1.82, 2.24) is 9.55 Å². The van der Waals surface area contributed by atoms with Crippen molar-refractivity contribution in [3.05, 3.63) is 103 Å². The van der Waals surface area contributed by atoms with Crippen LogP contribution in [0.4, 0.5) is 0 Å². The Hall–Kier alpha value is -3.27. The fraction of sp³-hybridized carbons (Fsp3) is 0.136. The molecule has 4 rings (SSSR count). The van der Waals surface area contributed by atoms with Gasteiger partial charge in [0.1, 0.15) is 17.4 Å². The maximum Gasteiger partial charge on any atom is 0.259 e. The number of allylic oxidation sites excluding steroid dienone is 1. The van der Waals surface area contributed by atoms with Crippen molar-refractivity contribution >= 4 is 23.2 Å². The van der Waals surface area contributed by atoms with Crippen molar-refractivity contribution in [3.8, 4) is 11.8 Å². The number of nitrogens with zero attached hydrogens (tertiary/aromatic N) is 3. The van der Waals surface area contributed by atoms with Gasteiger partial charge in [-0.15, -0.1) is 0 Å². The van der Waals surface area contributed by atoms with Crippen LogP contribution < -0.4 is 16.0 Å². The third kappa shape index (κ3) is 3.43. The molecule has 6 nitrogen and oxygen atoms in total. The monoisotopic (exact) mass is 438 g/mol. The highest BCUT2D eigenvalue weighted by molar-refractivity contribution is 6.35. The van der Waals surface area contributed by atoms with Crippen LogP contribution in [-0.2, 0) is 6.54 Å². The lowest BCUT2D eigenvalue weighted by Gasteiger charge is -2.28. The second-order valence-electron chi connectivity index (χ2n) is 6.87. The number of pyridine rings is 2. The van der Waals surface area contributed by atoms with Crippen LogP contribution in [-0.4, -0.2) is 9.55 Å². The normalized spacial score (nSPS) is 15.3. The first-order valence-corrected chi connectivity index (χ1v) is 9.83. The standard InChI is InChI=1S/C22H16Cl2N4O2/c1-12-8-18-20(22(29)28(12)11-14-4-2-3-7-27-14)19(16(10-25)21(26)30-18)15-6-5-13(23)9-17(15)24/h2-9,19H,11,26H2,1H3/t19-/m1/s1. The summed E-state index contributed by atoms with van der Waals surface area (Å²) in [6.45, 7) is 2.08. The fourth-order valence-corrected chi connectivity index (χ4v) is 4.10. The molecule has 0 amide bonds. The molecule has 2 N–H and O–H groups in total. The third-order valence-corrected chi connectivity index (χ3v) is 5.57. The van der Waals surface area contributed by atoms with E-state index < -0.39 is 5.92 Å². The summed E-state index contributed by atoms with van der Waals surface area (Å²) in [4.78, 5) is 17.9. The van der Waals surface area contributed by atoms with E-state index in [2.05, 4.69) is 11.1 Å². The van der Waals surface area contributed by atoms with E-state index in [0.29, 0.717) is 32.6 Å².